The van der Waals surface area contributed by atoms with Gasteiger partial charge < -0.3 is 5.32 Å². The van der Waals surface area contributed by atoms with Crippen molar-refractivity contribution < 1.29 is 4.79 Å². The number of nitrogens with one attached hydrogen (secondary N) is 1. The van der Waals surface area contributed by atoms with Crippen LogP contribution in [0.3, 0.4) is 0 Å². The number of hydrogen-bond donors (Lipinski definition) is 1. The maximum Gasteiger partial charge on any atom is 0.241 e. The highest BCUT2D eigenvalue weighted by Crippen LogP contribution is 2.25. The standard InChI is InChI=1S/C19H20N2OS/c1-2-10-21-11-4-3-8-18(21)19(22)20-17-7-5-6-15(13-17)16-9-12-23-14-16/h1,5-7,9,12-14,18H,3-4,8,10-11H2,(H,20,22). The quantitative estimate of drug-likeness (QED) is 0.867. The van der Waals surface area contributed by atoms with Crippen LogP contribution in [0.25, 0.3) is 11.1 Å². The third-order valence-electron chi connectivity index (χ3n) is 4.20. The molecule has 0 aliphatic carbocycles. The number of benzene rings is 1. The number of piperidine rings is 1. The Hall–Kier alpha value is -2.09. The predicted molar refractivity (Wildman–Crippen MR) is 96.4 cm³/mol. The summed E-state index contributed by atoms with van der Waals surface area (Å²) in [6.45, 7) is 1.43. The molecule has 118 valence electrons. The number of carbonyl (C=O) groups excluding carboxylic acids is 1. The van der Waals surface area contributed by atoms with E-state index in [2.05, 4.69) is 39.0 Å². The molecule has 1 aromatic carbocycles. The van der Waals surface area contributed by atoms with Gasteiger partial charge in [-0.15, -0.1) is 6.42 Å². The van der Waals surface area contributed by atoms with Gasteiger partial charge in [-0.2, -0.15) is 11.3 Å². The van der Waals surface area contributed by atoms with Crippen molar-refractivity contribution in [1.82, 2.24) is 4.90 Å². The first-order valence-electron chi connectivity index (χ1n) is 7.89. The molecule has 1 saturated heterocycles. The first-order valence-corrected chi connectivity index (χ1v) is 8.83. The van der Waals surface area contributed by atoms with Crippen molar-refractivity contribution >= 4 is 22.9 Å². The topological polar surface area (TPSA) is 32.3 Å². The molecule has 0 radical (unpaired) electrons. The summed E-state index contributed by atoms with van der Waals surface area (Å²) in [5.74, 6) is 2.70. The molecule has 3 nitrogen and oxygen atoms in total. The summed E-state index contributed by atoms with van der Waals surface area (Å²) < 4.78 is 0. The Balaban J connectivity index is 1.72. The fourth-order valence-electron chi connectivity index (χ4n) is 3.03. The molecule has 1 aliphatic heterocycles. The van der Waals surface area contributed by atoms with Crippen LogP contribution in [0.1, 0.15) is 19.3 Å². The molecule has 0 spiro atoms. The minimum atomic E-state index is -0.121. The van der Waals surface area contributed by atoms with Crippen molar-refractivity contribution in [3.8, 4) is 23.5 Å². The molecule has 23 heavy (non-hydrogen) atoms. The van der Waals surface area contributed by atoms with E-state index in [4.69, 9.17) is 6.42 Å². The Morgan fingerprint density at radius 2 is 2.26 bits per heavy atom. The summed E-state index contributed by atoms with van der Waals surface area (Å²) in [5.41, 5.74) is 3.14. The largest absolute Gasteiger partial charge is 0.325 e. The third-order valence-corrected chi connectivity index (χ3v) is 4.88. The van der Waals surface area contributed by atoms with E-state index in [0.29, 0.717) is 6.54 Å². The molecule has 1 aliphatic rings. The number of thiophene rings is 1. The molecule has 4 heteroatoms. The van der Waals surface area contributed by atoms with E-state index in [9.17, 15) is 4.79 Å². The highest BCUT2D eigenvalue weighted by molar-refractivity contribution is 7.08. The molecule has 0 saturated carbocycles. The number of hydrogen-bond acceptors (Lipinski definition) is 3. The molecule has 1 atom stereocenters. The van der Waals surface area contributed by atoms with Crippen molar-refractivity contribution in [2.75, 3.05) is 18.4 Å². The fraction of sp³-hybridized carbons (Fsp3) is 0.316. The van der Waals surface area contributed by atoms with Crippen molar-refractivity contribution in [2.45, 2.75) is 25.3 Å². The van der Waals surface area contributed by atoms with Gasteiger partial charge in [0.1, 0.15) is 0 Å². The summed E-state index contributed by atoms with van der Waals surface area (Å²) >= 11 is 1.67. The molecule has 2 heterocycles. The molecule has 0 bridgehead atoms. The first-order chi connectivity index (χ1) is 11.3. The van der Waals surface area contributed by atoms with Crippen LogP contribution in [0.4, 0.5) is 5.69 Å². The SMILES string of the molecule is C#CCN1CCCCC1C(=O)Nc1cccc(-c2ccsc2)c1. The van der Waals surface area contributed by atoms with E-state index in [-0.39, 0.29) is 11.9 Å². The van der Waals surface area contributed by atoms with Crippen LogP contribution >= 0.6 is 11.3 Å². The summed E-state index contributed by atoms with van der Waals surface area (Å²) in [4.78, 5) is 14.7. The van der Waals surface area contributed by atoms with Crippen molar-refractivity contribution in [2.24, 2.45) is 0 Å². The van der Waals surface area contributed by atoms with Crippen LogP contribution in [0.15, 0.2) is 41.1 Å². The van der Waals surface area contributed by atoms with Gasteiger partial charge >= 0.3 is 0 Å². The third kappa shape index (κ3) is 3.82. The summed E-state index contributed by atoms with van der Waals surface area (Å²) in [5, 5.41) is 7.22. The lowest BCUT2D eigenvalue weighted by Crippen LogP contribution is -2.47. The Bertz CT molecular complexity index is 702. The zero-order chi connectivity index (χ0) is 16.1. The van der Waals surface area contributed by atoms with Gasteiger partial charge in [-0.1, -0.05) is 24.5 Å². The molecular weight excluding hydrogens is 304 g/mol. The Morgan fingerprint density at radius 3 is 3.04 bits per heavy atom. The molecule has 1 fully saturated rings. The number of rotatable bonds is 4. The van der Waals surface area contributed by atoms with Crippen LogP contribution in [-0.4, -0.2) is 29.9 Å². The summed E-state index contributed by atoms with van der Waals surface area (Å²) in [6, 6.07) is 9.95. The lowest BCUT2D eigenvalue weighted by atomic mass is 10.0. The highest BCUT2D eigenvalue weighted by atomic mass is 32.1. The van der Waals surface area contributed by atoms with Gasteiger partial charge in [-0.25, -0.2) is 0 Å². The number of nitrogens with zero attached hydrogens (tertiary/aromatic N) is 1. The monoisotopic (exact) mass is 324 g/mol. The highest BCUT2D eigenvalue weighted by Gasteiger charge is 2.28. The molecule has 3 rings (SSSR count). The van der Waals surface area contributed by atoms with Gasteiger partial charge in [-0.05, 0) is 59.5 Å². The predicted octanol–water partition coefficient (Wildman–Crippen LogP) is 3.84. The minimum absolute atomic E-state index is 0.0439. The normalized spacial score (nSPS) is 18.3. The number of carbonyl (C=O) groups is 1. The average molecular weight is 324 g/mol. The Labute approximate surface area is 141 Å². The number of amides is 1. The lowest BCUT2D eigenvalue weighted by molar-refractivity contribution is -0.122. The molecular formula is C19H20N2OS. The Kier molecular flexibility index (Phi) is 5.12. The maximum atomic E-state index is 12.6. The fourth-order valence-corrected chi connectivity index (χ4v) is 3.69. The zero-order valence-electron chi connectivity index (χ0n) is 13.0. The van der Waals surface area contributed by atoms with Crippen molar-refractivity contribution in [3.63, 3.8) is 0 Å². The summed E-state index contributed by atoms with van der Waals surface area (Å²) in [6.07, 6.45) is 8.49. The van der Waals surface area contributed by atoms with Gasteiger partial charge in [-0.3, -0.25) is 9.69 Å². The van der Waals surface area contributed by atoms with Gasteiger partial charge in [0.2, 0.25) is 5.91 Å². The maximum absolute atomic E-state index is 12.6. The van der Waals surface area contributed by atoms with Gasteiger partial charge in [0, 0.05) is 5.69 Å². The smallest absolute Gasteiger partial charge is 0.241 e. The Morgan fingerprint density at radius 1 is 1.35 bits per heavy atom. The van der Waals surface area contributed by atoms with E-state index >= 15 is 0 Å². The second kappa shape index (κ2) is 7.45. The van der Waals surface area contributed by atoms with E-state index in [1.54, 1.807) is 11.3 Å². The second-order valence-corrected chi connectivity index (χ2v) is 6.55. The molecule has 1 N–H and O–H groups in total. The molecule has 1 unspecified atom stereocenters. The number of likely N-dealkylation sites (tertiary alicyclic amines) is 1. The van der Waals surface area contributed by atoms with Crippen LogP contribution in [0.5, 0.6) is 0 Å². The zero-order valence-corrected chi connectivity index (χ0v) is 13.8. The van der Waals surface area contributed by atoms with Crippen LogP contribution in [0.2, 0.25) is 0 Å². The van der Waals surface area contributed by atoms with Crippen molar-refractivity contribution in [1.29, 1.82) is 0 Å². The van der Waals surface area contributed by atoms with Crippen LogP contribution < -0.4 is 5.32 Å². The molecule has 1 amide bonds. The number of anilines is 1. The van der Waals surface area contributed by atoms with E-state index in [0.717, 1.165) is 37.1 Å². The van der Waals surface area contributed by atoms with Gasteiger partial charge in [0.05, 0.1) is 12.6 Å². The van der Waals surface area contributed by atoms with E-state index in [1.165, 1.54) is 5.56 Å². The average Bonchev–Trinajstić information content (AvgIpc) is 3.10. The van der Waals surface area contributed by atoms with Gasteiger partial charge in [0.25, 0.3) is 0 Å². The lowest BCUT2D eigenvalue weighted by Gasteiger charge is -2.33. The van der Waals surface area contributed by atoms with Gasteiger partial charge in [0.15, 0.2) is 0 Å². The minimum Gasteiger partial charge on any atom is -0.325 e. The first kappa shape index (κ1) is 15.8. The molecule has 1 aromatic heterocycles. The summed E-state index contributed by atoms with van der Waals surface area (Å²) in [7, 11) is 0. The number of terminal acetylenes is 1. The van der Waals surface area contributed by atoms with E-state index < -0.39 is 0 Å². The van der Waals surface area contributed by atoms with Crippen LogP contribution in [0, 0.1) is 12.3 Å². The van der Waals surface area contributed by atoms with Crippen LogP contribution in [-0.2, 0) is 4.79 Å². The second-order valence-electron chi connectivity index (χ2n) is 5.77. The molecule has 2 aromatic rings. The van der Waals surface area contributed by atoms with E-state index in [1.807, 2.05) is 18.2 Å². The van der Waals surface area contributed by atoms with Crippen molar-refractivity contribution in [3.05, 3.63) is 41.1 Å².